The summed E-state index contributed by atoms with van der Waals surface area (Å²) in [4.78, 5) is 4.91. The van der Waals surface area contributed by atoms with Crippen molar-refractivity contribution in [1.82, 2.24) is 4.90 Å². The largest absolute Gasteiger partial charge is 0.497 e. The molecule has 0 aromatic heterocycles. The number of benzene rings is 1. The van der Waals surface area contributed by atoms with Crippen LogP contribution in [0.2, 0.25) is 0 Å². The fourth-order valence-electron chi connectivity index (χ4n) is 3.13. The molecule has 1 atom stereocenters. The van der Waals surface area contributed by atoms with Gasteiger partial charge in [-0.05, 0) is 18.6 Å². The predicted octanol–water partition coefficient (Wildman–Crippen LogP) is 1.19. The van der Waals surface area contributed by atoms with E-state index in [2.05, 4.69) is 9.80 Å². The molecule has 2 heterocycles. The molecule has 1 aromatic carbocycles. The van der Waals surface area contributed by atoms with Gasteiger partial charge in [-0.1, -0.05) is 0 Å². The van der Waals surface area contributed by atoms with Crippen molar-refractivity contribution in [1.29, 1.82) is 0 Å². The van der Waals surface area contributed by atoms with E-state index in [9.17, 15) is 0 Å². The summed E-state index contributed by atoms with van der Waals surface area (Å²) < 4.78 is 10.7. The van der Waals surface area contributed by atoms with E-state index in [0.717, 1.165) is 56.5 Å². The summed E-state index contributed by atoms with van der Waals surface area (Å²) in [6.45, 7) is 5.91. The van der Waals surface area contributed by atoms with E-state index >= 15 is 0 Å². The van der Waals surface area contributed by atoms with Gasteiger partial charge in [0, 0.05) is 38.3 Å². The fraction of sp³-hybridized carbons (Fsp3) is 0.600. The Morgan fingerprint density at radius 2 is 2.05 bits per heavy atom. The third-order valence-corrected chi connectivity index (χ3v) is 4.30. The number of ether oxygens (including phenoxy) is 2. The summed E-state index contributed by atoms with van der Waals surface area (Å²) in [5.41, 5.74) is 8.04. The van der Waals surface area contributed by atoms with Gasteiger partial charge in [-0.15, -0.1) is 0 Å². The van der Waals surface area contributed by atoms with E-state index in [1.54, 1.807) is 7.11 Å². The summed E-state index contributed by atoms with van der Waals surface area (Å²) in [6, 6.07) is 6.49. The standard InChI is InChI=1S/C15H23N3O2/c1-19-13-2-3-14(16)15(10-13)18-5-4-12(11-18)17-6-8-20-9-7-17/h2-3,10,12H,4-9,11,16H2,1H3. The van der Waals surface area contributed by atoms with E-state index in [-0.39, 0.29) is 0 Å². The van der Waals surface area contributed by atoms with Crippen LogP contribution in [0.4, 0.5) is 11.4 Å². The SMILES string of the molecule is COc1ccc(N)c(N2CCC(N3CCOCC3)C2)c1. The molecule has 20 heavy (non-hydrogen) atoms. The van der Waals surface area contributed by atoms with E-state index in [1.807, 2.05) is 18.2 Å². The lowest BCUT2D eigenvalue weighted by Crippen LogP contribution is -2.44. The van der Waals surface area contributed by atoms with Crippen LogP contribution in [0.25, 0.3) is 0 Å². The minimum absolute atomic E-state index is 0.615. The molecule has 5 nitrogen and oxygen atoms in total. The lowest BCUT2D eigenvalue weighted by molar-refractivity contribution is 0.0209. The van der Waals surface area contributed by atoms with Crippen LogP contribution >= 0.6 is 0 Å². The number of rotatable bonds is 3. The van der Waals surface area contributed by atoms with Gasteiger partial charge in [0.2, 0.25) is 0 Å². The molecule has 110 valence electrons. The molecule has 2 saturated heterocycles. The molecular weight excluding hydrogens is 254 g/mol. The zero-order chi connectivity index (χ0) is 13.9. The quantitative estimate of drug-likeness (QED) is 0.841. The maximum atomic E-state index is 6.12. The van der Waals surface area contributed by atoms with Gasteiger partial charge in [0.1, 0.15) is 5.75 Å². The van der Waals surface area contributed by atoms with Crippen molar-refractivity contribution in [3.63, 3.8) is 0 Å². The van der Waals surface area contributed by atoms with Gasteiger partial charge in [-0.3, -0.25) is 4.90 Å². The Hall–Kier alpha value is -1.46. The van der Waals surface area contributed by atoms with E-state index in [0.29, 0.717) is 6.04 Å². The summed E-state index contributed by atoms with van der Waals surface area (Å²) in [5, 5.41) is 0. The smallest absolute Gasteiger partial charge is 0.121 e. The Labute approximate surface area is 120 Å². The monoisotopic (exact) mass is 277 g/mol. The number of hydrogen-bond donors (Lipinski definition) is 1. The third kappa shape index (κ3) is 2.69. The average molecular weight is 277 g/mol. The summed E-state index contributed by atoms with van der Waals surface area (Å²) >= 11 is 0. The Morgan fingerprint density at radius 3 is 2.80 bits per heavy atom. The zero-order valence-corrected chi connectivity index (χ0v) is 12.0. The van der Waals surface area contributed by atoms with Crippen LogP contribution in [-0.4, -0.2) is 57.4 Å². The third-order valence-electron chi connectivity index (χ3n) is 4.30. The number of morpholine rings is 1. The molecule has 0 radical (unpaired) electrons. The molecule has 0 aliphatic carbocycles. The lowest BCUT2D eigenvalue weighted by Gasteiger charge is -2.32. The fourth-order valence-corrected chi connectivity index (χ4v) is 3.13. The molecule has 3 rings (SSSR count). The first-order valence-corrected chi connectivity index (χ1v) is 7.28. The maximum Gasteiger partial charge on any atom is 0.121 e. The van der Waals surface area contributed by atoms with Crippen LogP contribution < -0.4 is 15.4 Å². The molecular formula is C15H23N3O2. The van der Waals surface area contributed by atoms with E-state index in [1.165, 1.54) is 6.42 Å². The first kappa shape index (κ1) is 13.5. The molecule has 0 bridgehead atoms. The maximum absolute atomic E-state index is 6.12. The van der Waals surface area contributed by atoms with Crippen LogP contribution in [0.3, 0.4) is 0 Å². The molecule has 0 spiro atoms. The van der Waals surface area contributed by atoms with Crippen molar-refractivity contribution in [3.8, 4) is 5.75 Å². The van der Waals surface area contributed by atoms with Crippen LogP contribution in [-0.2, 0) is 4.74 Å². The molecule has 5 heteroatoms. The molecule has 1 unspecified atom stereocenters. The lowest BCUT2D eigenvalue weighted by atomic mass is 10.2. The number of nitrogens with two attached hydrogens (primary N) is 1. The highest BCUT2D eigenvalue weighted by Crippen LogP contribution is 2.31. The first-order chi connectivity index (χ1) is 9.78. The van der Waals surface area contributed by atoms with Gasteiger partial charge >= 0.3 is 0 Å². The number of nitrogens with zero attached hydrogens (tertiary/aromatic N) is 2. The minimum Gasteiger partial charge on any atom is -0.497 e. The molecule has 2 aliphatic rings. The molecule has 2 N–H and O–H groups in total. The van der Waals surface area contributed by atoms with Crippen molar-refractivity contribution < 1.29 is 9.47 Å². The van der Waals surface area contributed by atoms with Crippen LogP contribution in [0.5, 0.6) is 5.75 Å². The van der Waals surface area contributed by atoms with Crippen molar-refractivity contribution in [3.05, 3.63) is 18.2 Å². The number of nitrogen functional groups attached to an aromatic ring is 1. The van der Waals surface area contributed by atoms with Crippen LogP contribution in [0, 0.1) is 0 Å². The minimum atomic E-state index is 0.615. The van der Waals surface area contributed by atoms with E-state index < -0.39 is 0 Å². The van der Waals surface area contributed by atoms with Crippen LogP contribution in [0.1, 0.15) is 6.42 Å². The first-order valence-electron chi connectivity index (χ1n) is 7.28. The average Bonchev–Trinajstić information content (AvgIpc) is 2.98. The zero-order valence-electron chi connectivity index (χ0n) is 12.0. The topological polar surface area (TPSA) is 51.0 Å². The van der Waals surface area contributed by atoms with Crippen molar-refractivity contribution in [2.45, 2.75) is 12.5 Å². The van der Waals surface area contributed by atoms with E-state index in [4.69, 9.17) is 15.2 Å². The van der Waals surface area contributed by atoms with Crippen LogP contribution in [0.15, 0.2) is 18.2 Å². The van der Waals surface area contributed by atoms with Gasteiger partial charge in [0.15, 0.2) is 0 Å². The van der Waals surface area contributed by atoms with Crippen molar-refractivity contribution in [2.75, 3.05) is 57.1 Å². The highest BCUT2D eigenvalue weighted by molar-refractivity contribution is 5.70. The molecule has 2 fully saturated rings. The van der Waals surface area contributed by atoms with Gasteiger partial charge in [-0.25, -0.2) is 0 Å². The molecule has 0 amide bonds. The highest BCUT2D eigenvalue weighted by Gasteiger charge is 2.29. The second-order valence-corrected chi connectivity index (χ2v) is 5.46. The van der Waals surface area contributed by atoms with Gasteiger partial charge in [0.05, 0.1) is 31.7 Å². The van der Waals surface area contributed by atoms with Gasteiger partial charge < -0.3 is 20.1 Å². The van der Waals surface area contributed by atoms with Gasteiger partial charge in [-0.2, -0.15) is 0 Å². The Morgan fingerprint density at radius 1 is 1.25 bits per heavy atom. The van der Waals surface area contributed by atoms with Crippen molar-refractivity contribution >= 4 is 11.4 Å². The Bertz CT molecular complexity index is 460. The second kappa shape index (κ2) is 5.89. The Balaban J connectivity index is 1.70. The number of hydrogen-bond acceptors (Lipinski definition) is 5. The van der Waals surface area contributed by atoms with Crippen molar-refractivity contribution in [2.24, 2.45) is 0 Å². The summed E-state index contributed by atoms with van der Waals surface area (Å²) in [6.07, 6.45) is 1.19. The molecule has 1 aromatic rings. The summed E-state index contributed by atoms with van der Waals surface area (Å²) in [5.74, 6) is 0.865. The number of anilines is 2. The highest BCUT2D eigenvalue weighted by atomic mass is 16.5. The normalized spacial score (nSPS) is 24.1. The second-order valence-electron chi connectivity index (χ2n) is 5.46. The molecule has 0 saturated carbocycles. The Kier molecular flexibility index (Phi) is 3.98. The predicted molar refractivity (Wildman–Crippen MR) is 80.4 cm³/mol. The molecule has 2 aliphatic heterocycles. The number of methoxy groups -OCH3 is 1. The summed E-state index contributed by atoms with van der Waals surface area (Å²) in [7, 11) is 1.69. The van der Waals surface area contributed by atoms with Gasteiger partial charge in [0.25, 0.3) is 0 Å².